The third-order valence-electron chi connectivity index (χ3n) is 1.48. The summed E-state index contributed by atoms with van der Waals surface area (Å²) < 4.78 is 0. The molecule has 0 amide bonds. The largest absolute Gasteiger partial charge is 0.322 e. The highest BCUT2D eigenvalue weighted by atomic mass is 16.1. The number of hydrogen-bond acceptors (Lipinski definition) is 2. The molecule has 2 nitrogen and oxygen atoms in total. The number of aldehydes is 1. The van der Waals surface area contributed by atoms with E-state index in [0.29, 0.717) is 0 Å². The average molecular weight is 113 g/mol. The normalized spacial score (nSPS) is 22.6. The van der Waals surface area contributed by atoms with E-state index in [2.05, 4.69) is 0 Å². The first-order valence-electron chi connectivity index (χ1n) is 3.04. The van der Waals surface area contributed by atoms with Gasteiger partial charge in [0.1, 0.15) is 6.29 Å². The molecule has 1 aliphatic carbocycles. The molecule has 2 heteroatoms. The van der Waals surface area contributed by atoms with E-state index < -0.39 is 0 Å². The summed E-state index contributed by atoms with van der Waals surface area (Å²) >= 11 is 0. The predicted octanol–water partition coefficient (Wildman–Crippen LogP) is 0.313. The van der Waals surface area contributed by atoms with Gasteiger partial charge in [0.15, 0.2) is 0 Å². The molecule has 0 unspecified atom stereocenters. The first-order valence-corrected chi connectivity index (χ1v) is 3.04. The Morgan fingerprint density at radius 3 is 2.75 bits per heavy atom. The highest BCUT2D eigenvalue weighted by Gasteiger charge is 2.23. The lowest BCUT2D eigenvalue weighted by Gasteiger charge is -1.97. The SMILES string of the molecule is N[C@H](C=O)CC1CC1. The van der Waals surface area contributed by atoms with Crippen LogP contribution in [0.25, 0.3) is 0 Å². The lowest BCUT2D eigenvalue weighted by atomic mass is 10.2. The summed E-state index contributed by atoms with van der Waals surface area (Å²) in [4.78, 5) is 9.94. The van der Waals surface area contributed by atoms with Crippen LogP contribution in [0.3, 0.4) is 0 Å². The number of carbonyl (C=O) groups is 1. The van der Waals surface area contributed by atoms with Gasteiger partial charge >= 0.3 is 0 Å². The number of nitrogens with two attached hydrogens (primary N) is 1. The van der Waals surface area contributed by atoms with E-state index >= 15 is 0 Å². The molecular formula is C6H11NO. The lowest BCUT2D eigenvalue weighted by molar-refractivity contribution is -0.109. The van der Waals surface area contributed by atoms with Gasteiger partial charge in [0.2, 0.25) is 0 Å². The average Bonchev–Trinajstić information content (AvgIpc) is 2.50. The summed E-state index contributed by atoms with van der Waals surface area (Å²) in [5.74, 6) is 0.773. The number of hydrogen-bond donors (Lipinski definition) is 1. The van der Waals surface area contributed by atoms with Gasteiger partial charge in [-0.1, -0.05) is 12.8 Å². The van der Waals surface area contributed by atoms with Crippen LogP contribution in [0, 0.1) is 5.92 Å². The molecule has 0 aliphatic heterocycles. The molecular weight excluding hydrogens is 102 g/mol. The van der Waals surface area contributed by atoms with Crippen molar-refractivity contribution in [3.05, 3.63) is 0 Å². The van der Waals surface area contributed by atoms with Crippen molar-refractivity contribution in [3.63, 3.8) is 0 Å². The minimum Gasteiger partial charge on any atom is -0.322 e. The van der Waals surface area contributed by atoms with E-state index in [1.807, 2.05) is 0 Å². The molecule has 46 valence electrons. The summed E-state index contributed by atoms with van der Waals surface area (Å²) in [6.45, 7) is 0. The van der Waals surface area contributed by atoms with Crippen molar-refractivity contribution in [1.82, 2.24) is 0 Å². The van der Waals surface area contributed by atoms with Crippen molar-refractivity contribution in [3.8, 4) is 0 Å². The fraction of sp³-hybridized carbons (Fsp3) is 0.833. The zero-order valence-corrected chi connectivity index (χ0v) is 4.84. The van der Waals surface area contributed by atoms with E-state index in [9.17, 15) is 4.79 Å². The molecule has 0 radical (unpaired) electrons. The Kier molecular flexibility index (Phi) is 1.63. The maximum Gasteiger partial charge on any atom is 0.136 e. The first kappa shape index (κ1) is 5.76. The smallest absolute Gasteiger partial charge is 0.136 e. The maximum atomic E-state index is 9.94. The fourth-order valence-electron chi connectivity index (χ4n) is 0.794. The molecule has 1 rings (SSSR count). The van der Waals surface area contributed by atoms with Crippen LogP contribution >= 0.6 is 0 Å². The van der Waals surface area contributed by atoms with Gasteiger partial charge in [-0.25, -0.2) is 0 Å². The molecule has 1 atom stereocenters. The van der Waals surface area contributed by atoms with Gasteiger partial charge in [0.25, 0.3) is 0 Å². The van der Waals surface area contributed by atoms with E-state index in [-0.39, 0.29) is 6.04 Å². The van der Waals surface area contributed by atoms with Crippen LogP contribution in [-0.2, 0) is 4.79 Å². The third-order valence-corrected chi connectivity index (χ3v) is 1.48. The van der Waals surface area contributed by atoms with E-state index in [1.54, 1.807) is 0 Å². The molecule has 0 heterocycles. The summed E-state index contributed by atoms with van der Waals surface area (Å²) in [5.41, 5.74) is 5.35. The molecule has 1 fully saturated rings. The first-order chi connectivity index (χ1) is 3.83. The zero-order valence-electron chi connectivity index (χ0n) is 4.84. The predicted molar refractivity (Wildman–Crippen MR) is 31.4 cm³/mol. The van der Waals surface area contributed by atoms with Crippen LogP contribution in [0.5, 0.6) is 0 Å². The molecule has 1 aliphatic rings. The summed E-state index contributed by atoms with van der Waals surface area (Å²) in [5, 5.41) is 0. The van der Waals surface area contributed by atoms with Gasteiger partial charge in [-0.2, -0.15) is 0 Å². The molecule has 0 aromatic heterocycles. The minimum absolute atomic E-state index is 0.192. The van der Waals surface area contributed by atoms with E-state index in [0.717, 1.165) is 18.6 Å². The number of rotatable bonds is 3. The third kappa shape index (κ3) is 1.62. The Labute approximate surface area is 49.1 Å². The quantitative estimate of drug-likeness (QED) is 0.535. The second-order valence-corrected chi connectivity index (χ2v) is 2.48. The molecule has 2 N–H and O–H groups in total. The highest BCUT2D eigenvalue weighted by molar-refractivity contribution is 5.56. The highest BCUT2D eigenvalue weighted by Crippen LogP contribution is 2.32. The molecule has 0 saturated heterocycles. The zero-order chi connectivity index (χ0) is 5.98. The van der Waals surface area contributed by atoms with Crippen LogP contribution < -0.4 is 5.73 Å². The second-order valence-electron chi connectivity index (χ2n) is 2.48. The summed E-state index contributed by atoms with van der Waals surface area (Å²) in [6, 6.07) is -0.192. The van der Waals surface area contributed by atoms with Crippen molar-refractivity contribution in [2.75, 3.05) is 0 Å². The van der Waals surface area contributed by atoms with Gasteiger partial charge < -0.3 is 10.5 Å². The molecule has 1 saturated carbocycles. The Morgan fingerprint density at radius 2 is 2.38 bits per heavy atom. The standard InChI is InChI=1S/C6H11NO/c7-6(4-8)3-5-1-2-5/h4-6H,1-3,7H2/t6-/m0/s1. The van der Waals surface area contributed by atoms with Crippen LogP contribution in [0.15, 0.2) is 0 Å². The van der Waals surface area contributed by atoms with E-state index in [4.69, 9.17) is 5.73 Å². The van der Waals surface area contributed by atoms with Crippen LogP contribution in [-0.4, -0.2) is 12.3 Å². The van der Waals surface area contributed by atoms with Crippen molar-refractivity contribution in [1.29, 1.82) is 0 Å². The van der Waals surface area contributed by atoms with Gasteiger partial charge in [-0.3, -0.25) is 0 Å². The second kappa shape index (κ2) is 2.27. The van der Waals surface area contributed by atoms with Crippen molar-refractivity contribution < 1.29 is 4.79 Å². The molecule has 0 bridgehead atoms. The van der Waals surface area contributed by atoms with E-state index in [1.165, 1.54) is 12.8 Å². The van der Waals surface area contributed by atoms with Crippen LogP contribution in [0.4, 0.5) is 0 Å². The maximum absolute atomic E-state index is 9.94. The Bertz CT molecular complexity index is 88.5. The fourth-order valence-corrected chi connectivity index (χ4v) is 0.794. The number of carbonyl (C=O) groups excluding carboxylic acids is 1. The molecule has 0 aromatic rings. The lowest BCUT2D eigenvalue weighted by Crippen LogP contribution is -2.21. The Balaban J connectivity index is 2.06. The molecule has 8 heavy (non-hydrogen) atoms. The van der Waals surface area contributed by atoms with Gasteiger partial charge in [-0.05, 0) is 12.3 Å². The van der Waals surface area contributed by atoms with Crippen molar-refractivity contribution in [2.45, 2.75) is 25.3 Å². The van der Waals surface area contributed by atoms with Gasteiger partial charge in [-0.15, -0.1) is 0 Å². The Morgan fingerprint density at radius 1 is 1.75 bits per heavy atom. The van der Waals surface area contributed by atoms with Crippen LogP contribution in [0.2, 0.25) is 0 Å². The van der Waals surface area contributed by atoms with Crippen LogP contribution in [0.1, 0.15) is 19.3 Å². The minimum atomic E-state index is -0.192. The van der Waals surface area contributed by atoms with Gasteiger partial charge in [0.05, 0.1) is 6.04 Å². The molecule has 0 spiro atoms. The monoisotopic (exact) mass is 113 g/mol. The topological polar surface area (TPSA) is 43.1 Å². The van der Waals surface area contributed by atoms with Gasteiger partial charge in [0, 0.05) is 0 Å². The van der Waals surface area contributed by atoms with Crippen molar-refractivity contribution in [2.24, 2.45) is 11.7 Å². The summed E-state index contributed by atoms with van der Waals surface area (Å²) in [6.07, 6.45) is 4.30. The van der Waals surface area contributed by atoms with Crippen molar-refractivity contribution >= 4 is 6.29 Å². The summed E-state index contributed by atoms with van der Waals surface area (Å²) in [7, 11) is 0. The Hall–Kier alpha value is -0.370. The molecule has 0 aromatic carbocycles.